The number of halogens is 3. The van der Waals surface area contributed by atoms with Crippen LogP contribution in [-0.4, -0.2) is 48.9 Å². The maximum absolute atomic E-state index is 12.6. The number of aromatic nitrogens is 2. The minimum absolute atomic E-state index is 0. The van der Waals surface area contributed by atoms with Gasteiger partial charge in [-0.1, -0.05) is 17.3 Å². The van der Waals surface area contributed by atoms with Crippen LogP contribution in [0.3, 0.4) is 0 Å². The lowest BCUT2D eigenvalue weighted by Gasteiger charge is -2.22. The molecule has 0 aliphatic carbocycles. The van der Waals surface area contributed by atoms with Gasteiger partial charge in [-0.2, -0.15) is 13.8 Å². The van der Waals surface area contributed by atoms with Crippen LogP contribution in [-0.2, 0) is 6.54 Å². The molecular formula is C17H23F2IN6O2. The van der Waals surface area contributed by atoms with E-state index in [1.807, 2.05) is 4.90 Å². The van der Waals surface area contributed by atoms with Gasteiger partial charge in [0.05, 0.1) is 12.2 Å². The van der Waals surface area contributed by atoms with Crippen molar-refractivity contribution in [1.29, 1.82) is 0 Å². The van der Waals surface area contributed by atoms with E-state index in [0.29, 0.717) is 36.5 Å². The zero-order chi connectivity index (χ0) is 19.2. The van der Waals surface area contributed by atoms with Crippen LogP contribution in [0.2, 0.25) is 0 Å². The molecule has 1 aliphatic rings. The number of ether oxygens (including phenoxy) is 1. The van der Waals surface area contributed by atoms with Gasteiger partial charge in [-0.15, -0.1) is 24.0 Å². The summed E-state index contributed by atoms with van der Waals surface area (Å²) in [6.07, 6.45) is 0.837. The lowest BCUT2D eigenvalue weighted by atomic mass is 10.2. The summed E-state index contributed by atoms with van der Waals surface area (Å²) in [6, 6.07) is 6.93. The third-order valence-electron chi connectivity index (χ3n) is 4.15. The zero-order valence-corrected chi connectivity index (χ0v) is 17.9. The number of nitrogens with one attached hydrogen (secondary N) is 2. The van der Waals surface area contributed by atoms with E-state index in [1.165, 1.54) is 0 Å². The van der Waals surface area contributed by atoms with Gasteiger partial charge >= 0.3 is 6.61 Å². The third-order valence-corrected chi connectivity index (χ3v) is 4.15. The number of anilines is 1. The van der Waals surface area contributed by atoms with Gasteiger partial charge < -0.3 is 24.8 Å². The van der Waals surface area contributed by atoms with Gasteiger partial charge in [-0.3, -0.25) is 4.99 Å². The van der Waals surface area contributed by atoms with Crippen molar-refractivity contribution >= 4 is 35.6 Å². The normalized spacial score (nSPS) is 16.8. The van der Waals surface area contributed by atoms with E-state index < -0.39 is 6.61 Å². The number of aryl methyl sites for hydroxylation is 1. The molecule has 0 spiro atoms. The second-order valence-corrected chi connectivity index (χ2v) is 6.08. The fourth-order valence-corrected chi connectivity index (χ4v) is 2.97. The molecule has 1 aromatic carbocycles. The number of guanidine groups is 1. The van der Waals surface area contributed by atoms with Crippen molar-refractivity contribution in [3.05, 3.63) is 36.0 Å². The van der Waals surface area contributed by atoms with E-state index in [2.05, 4.69) is 30.5 Å². The predicted molar refractivity (Wildman–Crippen MR) is 111 cm³/mol. The Morgan fingerprint density at radius 3 is 2.89 bits per heavy atom. The van der Waals surface area contributed by atoms with Crippen molar-refractivity contribution in [1.82, 2.24) is 20.8 Å². The summed E-state index contributed by atoms with van der Waals surface area (Å²) in [5.41, 5.74) is 0.659. The van der Waals surface area contributed by atoms with Crippen LogP contribution >= 0.6 is 24.0 Å². The van der Waals surface area contributed by atoms with Crippen LogP contribution < -0.4 is 20.3 Å². The Hall–Kier alpha value is -2.18. The van der Waals surface area contributed by atoms with Gasteiger partial charge in [0.1, 0.15) is 5.75 Å². The van der Waals surface area contributed by atoms with E-state index in [-0.39, 0.29) is 35.8 Å². The molecule has 0 amide bonds. The van der Waals surface area contributed by atoms with Gasteiger partial charge in [0.2, 0.25) is 5.89 Å². The molecule has 0 bridgehead atoms. The Kier molecular flexibility index (Phi) is 8.20. The van der Waals surface area contributed by atoms with Crippen molar-refractivity contribution in [2.45, 2.75) is 32.5 Å². The molecule has 28 heavy (non-hydrogen) atoms. The van der Waals surface area contributed by atoms with Crippen molar-refractivity contribution in [3.63, 3.8) is 0 Å². The van der Waals surface area contributed by atoms with Crippen molar-refractivity contribution < 1.29 is 18.0 Å². The lowest BCUT2D eigenvalue weighted by Crippen LogP contribution is -2.44. The highest BCUT2D eigenvalue weighted by Gasteiger charge is 2.26. The number of rotatable bonds is 6. The molecule has 1 aliphatic heterocycles. The Labute approximate surface area is 178 Å². The number of aliphatic imine (C=N–C) groups is 1. The molecule has 8 nitrogen and oxygen atoms in total. The average Bonchev–Trinajstić information content (AvgIpc) is 3.27. The largest absolute Gasteiger partial charge is 0.433 e. The van der Waals surface area contributed by atoms with Crippen LogP contribution in [0.4, 0.5) is 14.5 Å². The molecule has 11 heteroatoms. The van der Waals surface area contributed by atoms with E-state index in [4.69, 9.17) is 4.52 Å². The molecular weight excluding hydrogens is 485 g/mol. The molecule has 1 saturated heterocycles. The molecule has 1 unspecified atom stereocenters. The predicted octanol–water partition coefficient (Wildman–Crippen LogP) is 2.54. The smallest absolute Gasteiger partial charge is 0.387 e. The maximum Gasteiger partial charge on any atom is 0.387 e. The molecule has 0 radical (unpaired) electrons. The number of benzene rings is 1. The summed E-state index contributed by atoms with van der Waals surface area (Å²) in [4.78, 5) is 10.3. The second kappa shape index (κ2) is 10.4. The third kappa shape index (κ3) is 5.91. The molecule has 2 heterocycles. The number of para-hydroxylation sites is 2. The van der Waals surface area contributed by atoms with Gasteiger partial charge in [-0.05, 0) is 25.5 Å². The Morgan fingerprint density at radius 2 is 2.21 bits per heavy atom. The molecule has 0 saturated carbocycles. The first-order chi connectivity index (χ1) is 13.0. The number of alkyl halides is 2. The summed E-state index contributed by atoms with van der Waals surface area (Å²) in [7, 11) is 1.67. The molecule has 2 N–H and O–H groups in total. The second-order valence-electron chi connectivity index (χ2n) is 6.08. The Balaban J connectivity index is 0.00000280. The first kappa shape index (κ1) is 22.1. The highest BCUT2D eigenvalue weighted by Crippen LogP contribution is 2.31. The first-order valence-corrected chi connectivity index (χ1v) is 8.60. The summed E-state index contributed by atoms with van der Waals surface area (Å²) in [5.74, 6) is 1.84. The van der Waals surface area contributed by atoms with E-state index >= 15 is 0 Å². The van der Waals surface area contributed by atoms with Gasteiger partial charge in [-0.25, -0.2) is 0 Å². The van der Waals surface area contributed by atoms with Crippen molar-refractivity contribution in [3.8, 4) is 5.75 Å². The minimum atomic E-state index is -2.85. The van der Waals surface area contributed by atoms with E-state index in [9.17, 15) is 8.78 Å². The molecule has 1 aromatic heterocycles. The molecule has 154 valence electrons. The lowest BCUT2D eigenvalue weighted by molar-refractivity contribution is -0.0495. The van der Waals surface area contributed by atoms with Crippen molar-refractivity contribution in [2.75, 3.05) is 25.0 Å². The van der Waals surface area contributed by atoms with Gasteiger partial charge in [0.25, 0.3) is 0 Å². The summed E-state index contributed by atoms with van der Waals surface area (Å²) in [5, 5.41) is 10.2. The van der Waals surface area contributed by atoms with Gasteiger partial charge in [0, 0.05) is 26.2 Å². The SMILES string of the molecule is CN=C(NCc1nc(C)no1)NC1CCN(c2ccccc2OC(F)F)C1.I. The monoisotopic (exact) mass is 508 g/mol. The topological polar surface area (TPSA) is 87.8 Å². The number of hydrogen-bond acceptors (Lipinski definition) is 6. The summed E-state index contributed by atoms with van der Waals surface area (Å²) in [6.45, 7) is 0.634. The summed E-state index contributed by atoms with van der Waals surface area (Å²) >= 11 is 0. The van der Waals surface area contributed by atoms with E-state index in [0.717, 1.165) is 13.0 Å². The Morgan fingerprint density at radius 1 is 1.43 bits per heavy atom. The number of hydrogen-bond donors (Lipinski definition) is 2. The number of nitrogens with zero attached hydrogens (tertiary/aromatic N) is 4. The molecule has 1 fully saturated rings. The minimum Gasteiger partial charge on any atom is -0.433 e. The zero-order valence-electron chi connectivity index (χ0n) is 15.6. The van der Waals surface area contributed by atoms with Crippen LogP contribution in [0.1, 0.15) is 18.1 Å². The molecule has 2 aromatic rings. The first-order valence-electron chi connectivity index (χ1n) is 8.60. The van der Waals surface area contributed by atoms with Crippen molar-refractivity contribution in [2.24, 2.45) is 4.99 Å². The van der Waals surface area contributed by atoms with Crippen LogP contribution in [0.15, 0.2) is 33.8 Å². The fraction of sp³-hybridized carbons (Fsp3) is 0.471. The quantitative estimate of drug-likeness (QED) is 0.353. The fourth-order valence-electron chi connectivity index (χ4n) is 2.97. The van der Waals surface area contributed by atoms with Crippen LogP contribution in [0, 0.1) is 6.92 Å². The van der Waals surface area contributed by atoms with Crippen LogP contribution in [0.25, 0.3) is 0 Å². The van der Waals surface area contributed by atoms with Crippen LogP contribution in [0.5, 0.6) is 5.75 Å². The highest BCUT2D eigenvalue weighted by atomic mass is 127. The Bertz CT molecular complexity index is 789. The highest BCUT2D eigenvalue weighted by molar-refractivity contribution is 14.0. The molecule has 3 rings (SSSR count). The van der Waals surface area contributed by atoms with E-state index in [1.54, 1.807) is 38.2 Å². The summed E-state index contributed by atoms with van der Waals surface area (Å²) < 4.78 is 34.9. The van der Waals surface area contributed by atoms with Gasteiger partial charge in [0.15, 0.2) is 11.8 Å². The average molecular weight is 508 g/mol. The molecule has 1 atom stereocenters. The maximum atomic E-state index is 12.6. The standard InChI is InChI=1S/C17H22F2N6O2.HI/c1-11-22-15(27-24-11)9-21-17(20-2)23-12-7-8-25(10-12)13-5-3-4-6-14(13)26-16(18)19;/h3-6,12,16H,7-10H2,1-2H3,(H2,20,21,23);1H.